The molecule has 7 nitrogen and oxygen atoms in total. The van der Waals surface area contributed by atoms with Gasteiger partial charge in [0.1, 0.15) is 13.1 Å². The van der Waals surface area contributed by atoms with Gasteiger partial charge in [0.25, 0.3) is 0 Å². The first-order valence-corrected chi connectivity index (χ1v) is 7.63. The summed E-state index contributed by atoms with van der Waals surface area (Å²) in [7, 11) is 0. The van der Waals surface area contributed by atoms with Crippen molar-refractivity contribution < 1.29 is 14.4 Å². The highest BCUT2D eigenvalue weighted by atomic mass is 32.1. The molecule has 2 N–H and O–H groups in total. The molecule has 114 valence electrons. The van der Waals surface area contributed by atoms with Crippen molar-refractivity contribution in [3.05, 3.63) is 29.3 Å². The van der Waals surface area contributed by atoms with Gasteiger partial charge in [-0.1, -0.05) is 12.1 Å². The van der Waals surface area contributed by atoms with Crippen LogP contribution in [0.25, 0.3) is 10.2 Å². The molecule has 2 heterocycles. The summed E-state index contributed by atoms with van der Waals surface area (Å²) >= 11 is 1.60. The number of hydrogen-bond acceptors (Lipinski definition) is 5. The Hall–Kier alpha value is -2.48. The van der Waals surface area contributed by atoms with Gasteiger partial charge in [-0.05, 0) is 12.1 Å². The number of imide groups is 1. The van der Waals surface area contributed by atoms with Crippen LogP contribution < -0.4 is 10.6 Å². The molecule has 8 heteroatoms. The van der Waals surface area contributed by atoms with Gasteiger partial charge in [0.05, 0.1) is 15.2 Å². The van der Waals surface area contributed by atoms with E-state index in [2.05, 4.69) is 15.6 Å². The van der Waals surface area contributed by atoms with E-state index in [-0.39, 0.29) is 24.9 Å². The van der Waals surface area contributed by atoms with Gasteiger partial charge < -0.3 is 10.2 Å². The summed E-state index contributed by atoms with van der Waals surface area (Å²) in [6.07, 6.45) is 0.635. The lowest BCUT2D eigenvalue weighted by atomic mass is 10.3. The van der Waals surface area contributed by atoms with Crippen LogP contribution in [-0.2, 0) is 16.0 Å². The van der Waals surface area contributed by atoms with Gasteiger partial charge in [-0.3, -0.25) is 14.9 Å². The van der Waals surface area contributed by atoms with E-state index in [1.54, 1.807) is 11.3 Å². The maximum atomic E-state index is 11.8. The molecule has 0 saturated carbocycles. The third-order valence-electron chi connectivity index (χ3n) is 3.20. The molecule has 3 rings (SSSR count). The summed E-state index contributed by atoms with van der Waals surface area (Å²) in [5, 5.41) is 5.82. The second-order valence-electron chi connectivity index (χ2n) is 4.88. The van der Waals surface area contributed by atoms with E-state index in [9.17, 15) is 14.4 Å². The van der Waals surface area contributed by atoms with Gasteiger partial charge in [-0.25, -0.2) is 9.78 Å². The van der Waals surface area contributed by atoms with Crippen LogP contribution in [0.3, 0.4) is 0 Å². The minimum Gasteiger partial charge on any atom is -0.354 e. The van der Waals surface area contributed by atoms with Crippen LogP contribution in [0, 0.1) is 0 Å². The standard InChI is InChI=1S/C14H14N4O3S/c19-11(7-18-8-12(20)17-14(18)21)15-6-5-13-16-9-3-1-2-4-10(9)22-13/h1-4H,5-8H2,(H,15,19)(H,17,20,21). The van der Waals surface area contributed by atoms with Crippen LogP contribution in [0.5, 0.6) is 0 Å². The molecule has 4 amide bonds. The van der Waals surface area contributed by atoms with Crippen LogP contribution in [-0.4, -0.2) is 47.4 Å². The van der Waals surface area contributed by atoms with Crippen molar-refractivity contribution in [1.82, 2.24) is 20.5 Å². The zero-order chi connectivity index (χ0) is 15.5. The molecule has 0 spiro atoms. The number of rotatable bonds is 5. The Morgan fingerprint density at radius 3 is 2.91 bits per heavy atom. The second-order valence-corrected chi connectivity index (χ2v) is 6.00. The molecule has 1 aliphatic heterocycles. The van der Waals surface area contributed by atoms with Gasteiger partial charge in [-0.15, -0.1) is 11.3 Å². The van der Waals surface area contributed by atoms with Crippen LogP contribution in [0.15, 0.2) is 24.3 Å². The van der Waals surface area contributed by atoms with Gasteiger partial charge in [0.2, 0.25) is 11.8 Å². The first-order valence-electron chi connectivity index (χ1n) is 6.82. The fourth-order valence-electron chi connectivity index (χ4n) is 2.18. The molecule has 1 fully saturated rings. The van der Waals surface area contributed by atoms with Crippen molar-refractivity contribution in [2.45, 2.75) is 6.42 Å². The molecule has 2 aromatic rings. The van der Waals surface area contributed by atoms with Gasteiger partial charge >= 0.3 is 6.03 Å². The number of nitrogens with one attached hydrogen (secondary N) is 2. The third-order valence-corrected chi connectivity index (χ3v) is 4.30. The SMILES string of the molecule is O=C(CN1CC(=O)NC1=O)NCCc1nc2ccccc2s1. The van der Waals surface area contributed by atoms with Crippen LogP contribution in [0.2, 0.25) is 0 Å². The van der Waals surface area contributed by atoms with Crippen molar-refractivity contribution in [2.24, 2.45) is 0 Å². The third kappa shape index (κ3) is 3.22. The average molecular weight is 318 g/mol. The number of carbonyl (C=O) groups excluding carboxylic acids is 3. The van der Waals surface area contributed by atoms with Crippen molar-refractivity contribution in [1.29, 1.82) is 0 Å². The number of carbonyl (C=O) groups is 3. The van der Waals surface area contributed by atoms with E-state index in [4.69, 9.17) is 0 Å². The van der Waals surface area contributed by atoms with E-state index in [0.29, 0.717) is 13.0 Å². The largest absolute Gasteiger partial charge is 0.354 e. The summed E-state index contributed by atoms with van der Waals surface area (Å²) in [5.74, 6) is -0.668. The predicted molar refractivity (Wildman–Crippen MR) is 81.4 cm³/mol. The summed E-state index contributed by atoms with van der Waals surface area (Å²) in [4.78, 5) is 39.7. The molecular formula is C14H14N4O3S. The van der Waals surface area contributed by atoms with Crippen molar-refractivity contribution in [3.8, 4) is 0 Å². The van der Waals surface area contributed by atoms with E-state index in [0.717, 1.165) is 15.2 Å². The molecule has 0 radical (unpaired) electrons. The minimum absolute atomic E-state index is 0.0654. The molecule has 22 heavy (non-hydrogen) atoms. The first kappa shape index (κ1) is 14.5. The highest BCUT2D eigenvalue weighted by molar-refractivity contribution is 7.18. The Morgan fingerprint density at radius 1 is 1.36 bits per heavy atom. The molecule has 1 saturated heterocycles. The fraction of sp³-hybridized carbons (Fsp3) is 0.286. The van der Waals surface area contributed by atoms with E-state index in [1.807, 2.05) is 24.3 Å². The van der Waals surface area contributed by atoms with E-state index in [1.165, 1.54) is 4.90 Å². The maximum Gasteiger partial charge on any atom is 0.325 e. The molecule has 0 bridgehead atoms. The summed E-state index contributed by atoms with van der Waals surface area (Å²) < 4.78 is 1.12. The number of urea groups is 1. The smallest absolute Gasteiger partial charge is 0.325 e. The minimum atomic E-state index is -0.522. The Bertz CT molecular complexity index is 710. The fourth-order valence-corrected chi connectivity index (χ4v) is 3.14. The van der Waals surface area contributed by atoms with Gasteiger partial charge in [0.15, 0.2) is 0 Å². The lowest BCUT2D eigenvalue weighted by molar-refractivity contribution is -0.121. The van der Waals surface area contributed by atoms with Crippen LogP contribution in [0.1, 0.15) is 5.01 Å². The van der Waals surface area contributed by atoms with E-state index >= 15 is 0 Å². The highest BCUT2D eigenvalue weighted by Crippen LogP contribution is 2.21. The van der Waals surface area contributed by atoms with E-state index < -0.39 is 6.03 Å². The molecule has 0 atom stereocenters. The topological polar surface area (TPSA) is 91.4 Å². The van der Waals surface area contributed by atoms with Crippen molar-refractivity contribution in [3.63, 3.8) is 0 Å². The second kappa shape index (κ2) is 6.10. The van der Waals surface area contributed by atoms with Crippen LogP contribution in [0.4, 0.5) is 4.79 Å². The van der Waals surface area contributed by atoms with Gasteiger partial charge in [-0.2, -0.15) is 0 Å². The average Bonchev–Trinajstić information content (AvgIpc) is 3.01. The highest BCUT2D eigenvalue weighted by Gasteiger charge is 2.27. The molecule has 0 aliphatic carbocycles. The normalized spacial score (nSPS) is 14.5. The van der Waals surface area contributed by atoms with Crippen molar-refractivity contribution in [2.75, 3.05) is 19.6 Å². The number of nitrogens with zero attached hydrogens (tertiary/aromatic N) is 2. The summed E-state index contributed by atoms with van der Waals surface area (Å²) in [6.45, 7) is 0.267. The number of fused-ring (bicyclic) bond motifs is 1. The maximum absolute atomic E-state index is 11.8. The monoisotopic (exact) mass is 318 g/mol. The zero-order valence-corrected chi connectivity index (χ0v) is 12.5. The zero-order valence-electron chi connectivity index (χ0n) is 11.7. The Kier molecular flexibility index (Phi) is 4.01. The number of thiazole rings is 1. The quantitative estimate of drug-likeness (QED) is 0.786. The molecule has 1 aromatic heterocycles. The number of hydrogen-bond donors (Lipinski definition) is 2. The van der Waals surface area contributed by atoms with Crippen molar-refractivity contribution >= 4 is 39.4 Å². The molecule has 1 aromatic carbocycles. The Morgan fingerprint density at radius 2 is 2.18 bits per heavy atom. The molecule has 1 aliphatic rings. The lowest BCUT2D eigenvalue weighted by Gasteiger charge is -2.12. The van der Waals surface area contributed by atoms with Gasteiger partial charge in [0, 0.05) is 13.0 Å². The number of benzene rings is 1. The Labute approximate surface area is 130 Å². The summed E-state index contributed by atoms with van der Waals surface area (Å²) in [6, 6.07) is 7.35. The molecule has 0 unspecified atom stereocenters. The predicted octanol–water partition coefficient (Wildman–Crippen LogP) is 0.507. The Balaban J connectivity index is 1.47. The number of para-hydroxylation sites is 1. The summed E-state index contributed by atoms with van der Waals surface area (Å²) in [5.41, 5.74) is 0.959. The number of amides is 4. The van der Waals surface area contributed by atoms with Crippen LogP contribution >= 0.6 is 11.3 Å². The number of aromatic nitrogens is 1. The molecular weight excluding hydrogens is 304 g/mol. The lowest BCUT2D eigenvalue weighted by Crippen LogP contribution is -2.39. The first-order chi connectivity index (χ1) is 10.6.